The highest BCUT2D eigenvalue weighted by Crippen LogP contribution is 2.15. The minimum absolute atomic E-state index is 0.00257. The van der Waals surface area contributed by atoms with Gasteiger partial charge in [-0.15, -0.1) is 0 Å². The van der Waals surface area contributed by atoms with Gasteiger partial charge in [-0.3, -0.25) is 9.69 Å². The number of morpholine rings is 1. The molecule has 2 rings (SSSR count). The number of rotatable bonds is 5. The molecule has 0 aromatic rings. The molecule has 2 fully saturated rings. The molecule has 1 unspecified atom stereocenters. The van der Waals surface area contributed by atoms with Gasteiger partial charge in [0.1, 0.15) is 0 Å². The lowest BCUT2D eigenvalue weighted by atomic mass is 10.0. The predicted molar refractivity (Wildman–Crippen MR) is 83.4 cm³/mol. The average Bonchev–Trinajstić information content (AvgIpc) is 2.47. The molecular formula is C15H30N4O2. The summed E-state index contributed by atoms with van der Waals surface area (Å²) in [5, 5.41) is 6.33. The van der Waals surface area contributed by atoms with Crippen molar-refractivity contribution in [1.29, 1.82) is 0 Å². The number of likely N-dealkylation sites (N-methyl/N-ethyl adjacent to an activating group) is 1. The summed E-state index contributed by atoms with van der Waals surface area (Å²) >= 11 is 0. The molecule has 21 heavy (non-hydrogen) atoms. The van der Waals surface area contributed by atoms with E-state index < -0.39 is 0 Å². The Morgan fingerprint density at radius 2 is 2.05 bits per heavy atom. The van der Waals surface area contributed by atoms with E-state index in [1.54, 1.807) is 0 Å². The Morgan fingerprint density at radius 1 is 1.33 bits per heavy atom. The van der Waals surface area contributed by atoms with Crippen LogP contribution in [0.3, 0.4) is 0 Å². The summed E-state index contributed by atoms with van der Waals surface area (Å²) in [6.45, 7) is 11.8. The summed E-state index contributed by atoms with van der Waals surface area (Å²) in [6, 6.07) is 0. The summed E-state index contributed by atoms with van der Waals surface area (Å²) in [6.07, 6.45) is 0.469. The second-order valence-electron chi connectivity index (χ2n) is 6.78. The largest absolute Gasteiger partial charge is 0.375 e. The SMILES string of the molecule is CN1CCN(C(C)(C)CNC(=O)CC2CNCCO2)CC1. The summed E-state index contributed by atoms with van der Waals surface area (Å²) in [5.41, 5.74) is 0.00257. The van der Waals surface area contributed by atoms with E-state index in [0.717, 1.165) is 39.3 Å². The van der Waals surface area contributed by atoms with Crippen molar-refractivity contribution in [2.75, 3.05) is 59.5 Å². The lowest BCUT2D eigenvalue weighted by Crippen LogP contribution is -2.58. The number of carbonyl (C=O) groups is 1. The monoisotopic (exact) mass is 298 g/mol. The summed E-state index contributed by atoms with van der Waals surface area (Å²) < 4.78 is 5.57. The van der Waals surface area contributed by atoms with Crippen LogP contribution in [0.15, 0.2) is 0 Å². The fraction of sp³-hybridized carbons (Fsp3) is 0.933. The Labute approximate surface area is 128 Å². The van der Waals surface area contributed by atoms with E-state index in [-0.39, 0.29) is 17.6 Å². The first kappa shape index (κ1) is 16.7. The van der Waals surface area contributed by atoms with Crippen LogP contribution in [0, 0.1) is 0 Å². The number of hydrogen-bond donors (Lipinski definition) is 2. The fourth-order valence-corrected chi connectivity index (χ4v) is 2.87. The van der Waals surface area contributed by atoms with Gasteiger partial charge in [0.25, 0.3) is 0 Å². The van der Waals surface area contributed by atoms with Crippen molar-refractivity contribution in [3.8, 4) is 0 Å². The molecule has 2 heterocycles. The minimum atomic E-state index is 0.00257. The highest BCUT2D eigenvalue weighted by molar-refractivity contribution is 5.76. The molecule has 0 radical (unpaired) electrons. The van der Waals surface area contributed by atoms with E-state index in [0.29, 0.717) is 19.6 Å². The second kappa shape index (κ2) is 7.54. The van der Waals surface area contributed by atoms with E-state index in [2.05, 4.69) is 41.3 Å². The van der Waals surface area contributed by atoms with Crippen molar-refractivity contribution < 1.29 is 9.53 Å². The summed E-state index contributed by atoms with van der Waals surface area (Å²) in [5.74, 6) is 0.0888. The summed E-state index contributed by atoms with van der Waals surface area (Å²) in [4.78, 5) is 16.9. The molecule has 1 atom stereocenters. The third kappa shape index (κ3) is 5.21. The summed E-state index contributed by atoms with van der Waals surface area (Å²) in [7, 11) is 2.16. The van der Waals surface area contributed by atoms with E-state index in [4.69, 9.17) is 4.74 Å². The quantitative estimate of drug-likeness (QED) is 0.717. The molecule has 6 heteroatoms. The molecule has 2 N–H and O–H groups in total. The molecule has 2 aliphatic rings. The molecule has 0 aromatic carbocycles. The smallest absolute Gasteiger partial charge is 0.222 e. The normalized spacial score (nSPS) is 25.8. The van der Waals surface area contributed by atoms with Crippen molar-refractivity contribution in [3.05, 3.63) is 0 Å². The number of hydrogen-bond acceptors (Lipinski definition) is 5. The first-order chi connectivity index (χ1) is 9.97. The number of carbonyl (C=O) groups excluding carboxylic acids is 1. The molecule has 0 bridgehead atoms. The van der Waals surface area contributed by atoms with E-state index >= 15 is 0 Å². The van der Waals surface area contributed by atoms with E-state index in [1.807, 2.05) is 0 Å². The maximum Gasteiger partial charge on any atom is 0.222 e. The maximum absolute atomic E-state index is 12.0. The highest BCUT2D eigenvalue weighted by atomic mass is 16.5. The van der Waals surface area contributed by atoms with Gasteiger partial charge in [0.15, 0.2) is 0 Å². The Morgan fingerprint density at radius 3 is 2.67 bits per heavy atom. The second-order valence-corrected chi connectivity index (χ2v) is 6.78. The number of nitrogens with one attached hydrogen (secondary N) is 2. The molecular weight excluding hydrogens is 268 g/mol. The van der Waals surface area contributed by atoms with Crippen LogP contribution >= 0.6 is 0 Å². The Hall–Kier alpha value is -0.690. The van der Waals surface area contributed by atoms with Gasteiger partial charge in [0.2, 0.25) is 5.91 Å². The maximum atomic E-state index is 12.0. The van der Waals surface area contributed by atoms with Crippen molar-refractivity contribution in [1.82, 2.24) is 20.4 Å². The first-order valence-corrected chi connectivity index (χ1v) is 8.00. The zero-order chi connectivity index (χ0) is 15.3. The van der Waals surface area contributed by atoms with Crippen LogP contribution in [0.1, 0.15) is 20.3 Å². The molecule has 122 valence electrons. The standard InChI is InChI=1S/C15H30N4O2/c1-15(2,19-7-5-18(3)6-8-19)12-17-14(20)10-13-11-16-4-9-21-13/h13,16H,4-12H2,1-3H3,(H,17,20). The predicted octanol–water partition coefficient (Wildman–Crippen LogP) is -0.493. The van der Waals surface area contributed by atoms with Gasteiger partial charge in [-0.05, 0) is 20.9 Å². The molecule has 0 saturated carbocycles. The first-order valence-electron chi connectivity index (χ1n) is 8.00. The van der Waals surface area contributed by atoms with Crippen LogP contribution in [-0.2, 0) is 9.53 Å². The Bertz CT molecular complexity index is 335. The highest BCUT2D eigenvalue weighted by Gasteiger charge is 2.29. The van der Waals surface area contributed by atoms with Gasteiger partial charge < -0.3 is 20.3 Å². The Balaban J connectivity index is 1.71. The van der Waals surface area contributed by atoms with Crippen LogP contribution in [-0.4, -0.2) is 86.8 Å². The number of amides is 1. The third-order valence-corrected chi connectivity index (χ3v) is 4.49. The molecule has 0 spiro atoms. The van der Waals surface area contributed by atoms with Gasteiger partial charge in [-0.2, -0.15) is 0 Å². The van der Waals surface area contributed by atoms with Gasteiger partial charge in [-0.1, -0.05) is 0 Å². The van der Waals surface area contributed by atoms with Crippen LogP contribution < -0.4 is 10.6 Å². The van der Waals surface area contributed by atoms with Gasteiger partial charge in [-0.25, -0.2) is 0 Å². The van der Waals surface area contributed by atoms with Crippen molar-refractivity contribution in [2.24, 2.45) is 0 Å². The molecule has 6 nitrogen and oxygen atoms in total. The van der Waals surface area contributed by atoms with Gasteiger partial charge in [0, 0.05) is 51.4 Å². The number of ether oxygens (including phenoxy) is 1. The topological polar surface area (TPSA) is 56.8 Å². The zero-order valence-corrected chi connectivity index (χ0v) is 13.7. The van der Waals surface area contributed by atoms with E-state index in [1.165, 1.54) is 0 Å². The van der Waals surface area contributed by atoms with Crippen molar-refractivity contribution in [2.45, 2.75) is 31.9 Å². The van der Waals surface area contributed by atoms with Crippen LogP contribution in [0.4, 0.5) is 0 Å². The van der Waals surface area contributed by atoms with Crippen LogP contribution in [0.5, 0.6) is 0 Å². The number of nitrogens with zero attached hydrogens (tertiary/aromatic N) is 2. The zero-order valence-electron chi connectivity index (χ0n) is 13.7. The number of piperazine rings is 1. The third-order valence-electron chi connectivity index (χ3n) is 4.49. The lowest BCUT2D eigenvalue weighted by Gasteiger charge is -2.43. The van der Waals surface area contributed by atoms with Crippen molar-refractivity contribution >= 4 is 5.91 Å². The molecule has 2 aliphatic heterocycles. The van der Waals surface area contributed by atoms with E-state index in [9.17, 15) is 4.79 Å². The lowest BCUT2D eigenvalue weighted by molar-refractivity contribution is -0.125. The van der Waals surface area contributed by atoms with Gasteiger partial charge >= 0.3 is 0 Å². The molecule has 1 amide bonds. The van der Waals surface area contributed by atoms with Crippen LogP contribution in [0.2, 0.25) is 0 Å². The fourth-order valence-electron chi connectivity index (χ4n) is 2.87. The molecule has 2 saturated heterocycles. The van der Waals surface area contributed by atoms with Crippen LogP contribution in [0.25, 0.3) is 0 Å². The minimum Gasteiger partial charge on any atom is -0.375 e. The average molecular weight is 298 g/mol. The Kier molecular flexibility index (Phi) is 5.98. The molecule has 0 aromatic heterocycles. The van der Waals surface area contributed by atoms with Gasteiger partial charge in [0.05, 0.1) is 19.1 Å². The van der Waals surface area contributed by atoms with Crippen molar-refractivity contribution in [3.63, 3.8) is 0 Å². The molecule has 0 aliphatic carbocycles.